The molecule has 0 saturated heterocycles. The Morgan fingerprint density at radius 2 is 1.80 bits per heavy atom. The fourth-order valence-corrected chi connectivity index (χ4v) is 3.70. The Bertz CT molecular complexity index is 288. The van der Waals surface area contributed by atoms with Gasteiger partial charge in [-0.05, 0) is 24.7 Å². The summed E-state index contributed by atoms with van der Waals surface area (Å²) in [5.74, 6) is 0. The van der Waals surface area contributed by atoms with Crippen LogP contribution < -0.4 is 0 Å². The maximum atomic E-state index is 5.77. The molecule has 0 N–H and O–H groups in total. The van der Waals surface area contributed by atoms with Gasteiger partial charge in [0.25, 0.3) is 0 Å². The van der Waals surface area contributed by atoms with Crippen molar-refractivity contribution in [3.05, 3.63) is 35.9 Å². The summed E-state index contributed by atoms with van der Waals surface area (Å²) in [6.45, 7) is 4.78. The lowest BCUT2D eigenvalue weighted by Crippen LogP contribution is -2.35. The molecule has 0 fully saturated rings. The van der Waals surface area contributed by atoms with E-state index in [-0.39, 0.29) is 0 Å². The summed E-state index contributed by atoms with van der Waals surface area (Å²) in [6, 6.07) is 11.4. The molecular formula is C11H16Cl2OSi. The van der Waals surface area contributed by atoms with Crippen LogP contribution in [0.4, 0.5) is 0 Å². The van der Waals surface area contributed by atoms with Gasteiger partial charge in [-0.25, -0.2) is 0 Å². The van der Waals surface area contributed by atoms with Gasteiger partial charge in [0.15, 0.2) is 8.32 Å². The normalized spacial score (nSPS) is 12.1. The maximum absolute atomic E-state index is 5.77. The summed E-state index contributed by atoms with van der Waals surface area (Å²) in [7, 11) is -1.68. The van der Waals surface area contributed by atoms with Gasteiger partial charge in [0.05, 0.1) is 6.61 Å². The minimum absolute atomic E-state index is 0.424. The van der Waals surface area contributed by atoms with Crippen LogP contribution >= 0.6 is 23.2 Å². The second-order valence-electron chi connectivity index (χ2n) is 4.12. The number of hydrogen-bond donors (Lipinski definition) is 0. The molecule has 1 nitrogen and oxygen atoms in total. The van der Waals surface area contributed by atoms with E-state index in [1.807, 2.05) is 18.2 Å². The molecule has 0 atom stereocenters. The van der Waals surface area contributed by atoms with Crippen molar-refractivity contribution < 1.29 is 4.43 Å². The lowest BCUT2D eigenvalue weighted by atomic mass is 10.2. The highest BCUT2D eigenvalue weighted by atomic mass is 35.5. The second-order valence-corrected chi connectivity index (χ2v) is 9.56. The minimum atomic E-state index is -1.68. The van der Waals surface area contributed by atoms with E-state index in [1.54, 1.807) is 0 Å². The van der Waals surface area contributed by atoms with E-state index in [4.69, 9.17) is 27.6 Å². The van der Waals surface area contributed by atoms with E-state index < -0.39 is 13.2 Å². The Balaban J connectivity index is 2.49. The van der Waals surface area contributed by atoms with Crippen molar-refractivity contribution in [3.63, 3.8) is 0 Å². The molecule has 0 aliphatic rings. The summed E-state index contributed by atoms with van der Waals surface area (Å²) < 4.78 is 5.77. The summed E-state index contributed by atoms with van der Waals surface area (Å²) in [4.78, 5) is -0.424. The molecule has 1 rings (SSSR count). The van der Waals surface area contributed by atoms with Crippen LogP contribution in [0, 0.1) is 0 Å². The van der Waals surface area contributed by atoms with Crippen molar-refractivity contribution in [2.24, 2.45) is 0 Å². The smallest absolute Gasteiger partial charge is 0.191 e. The van der Waals surface area contributed by atoms with Crippen molar-refractivity contribution >= 4 is 31.5 Å². The van der Waals surface area contributed by atoms with Gasteiger partial charge in [0, 0.05) is 0 Å². The van der Waals surface area contributed by atoms with E-state index in [2.05, 4.69) is 25.2 Å². The molecule has 84 valence electrons. The molecule has 4 heteroatoms. The summed E-state index contributed by atoms with van der Waals surface area (Å²) in [6.07, 6.45) is 0. The Labute approximate surface area is 102 Å². The summed E-state index contributed by atoms with van der Waals surface area (Å²) >= 11 is 11.3. The van der Waals surface area contributed by atoms with Gasteiger partial charge in [-0.2, -0.15) is 0 Å². The highest BCUT2D eigenvalue weighted by molar-refractivity contribution is 6.70. The van der Waals surface area contributed by atoms with Crippen LogP contribution in [0.2, 0.25) is 13.1 Å². The number of halogens is 2. The van der Waals surface area contributed by atoms with Gasteiger partial charge in [-0.1, -0.05) is 30.3 Å². The van der Waals surface area contributed by atoms with Crippen LogP contribution in [-0.2, 0) is 10.5 Å². The van der Waals surface area contributed by atoms with Crippen LogP contribution in [0.1, 0.15) is 5.56 Å². The van der Waals surface area contributed by atoms with Crippen molar-refractivity contribution in [1.29, 1.82) is 0 Å². The third-order valence-electron chi connectivity index (χ3n) is 2.07. The fraction of sp³-hybridized carbons (Fsp3) is 0.455. The Kier molecular flexibility index (Phi) is 5.13. The van der Waals surface area contributed by atoms with Gasteiger partial charge < -0.3 is 4.43 Å². The van der Waals surface area contributed by atoms with Gasteiger partial charge in [0.1, 0.15) is 4.84 Å². The Hall–Kier alpha value is -0.0231. The molecule has 0 spiro atoms. The molecule has 1 aromatic carbocycles. The molecule has 0 unspecified atom stereocenters. The molecule has 15 heavy (non-hydrogen) atoms. The monoisotopic (exact) mass is 262 g/mol. The molecule has 0 aliphatic heterocycles. The van der Waals surface area contributed by atoms with Gasteiger partial charge in [-0.15, -0.1) is 23.2 Å². The van der Waals surface area contributed by atoms with Crippen molar-refractivity contribution in [2.45, 2.75) is 24.0 Å². The molecule has 1 aromatic rings. The topological polar surface area (TPSA) is 9.23 Å². The van der Waals surface area contributed by atoms with Crippen molar-refractivity contribution in [1.82, 2.24) is 0 Å². The molecule has 0 amide bonds. The van der Waals surface area contributed by atoms with Crippen LogP contribution in [0.25, 0.3) is 0 Å². The maximum Gasteiger partial charge on any atom is 0.191 e. The van der Waals surface area contributed by atoms with Crippen molar-refractivity contribution in [2.75, 3.05) is 6.61 Å². The first-order valence-corrected chi connectivity index (χ1v) is 8.94. The molecule has 0 saturated carbocycles. The molecule has 0 radical (unpaired) electrons. The average molecular weight is 263 g/mol. The number of rotatable bonds is 5. The first kappa shape index (κ1) is 13.0. The van der Waals surface area contributed by atoms with E-state index >= 15 is 0 Å². The Morgan fingerprint density at radius 3 is 2.33 bits per heavy atom. The predicted molar refractivity (Wildman–Crippen MR) is 69.1 cm³/mol. The van der Waals surface area contributed by atoms with E-state index in [1.165, 1.54) is 5.56 Å². The lowest BCUT2D eigenvalue weighted by molar-refractivity contribution is 0.323. The number of alkyl halides is 2. The number of benzene rings is 1. The van der Waals surface area contributed by atoms with Crippen LogP contribution in [0.5, 0.6) is 0 Å². The molecule has 0 aliphatic carbocycles. The first-order valence-electron chi connectivity index (χ1n) is 4.96. The van der Waals surface area contributed by atoms with Crippen molar-refractivity contribution in [3.8, 4) is 0 Å². The fourth-order valence-electron chi connectivity index (χ4n) is 1.43. The zero-order chi connectivity index (χ0) is 11.3. The predicted octanol–water partition coefficient (Wildman–Crippen LogP) is 3.79. The molecule has 0 heterocycles. The van der Waals surface area contributed by atoms with Gasteiger partial charge in [0.2, 0.25) is 0 Å². The molecular weight excluding hydrogens is 247 g/mol. The zero-order valence-corrected chi connectivity index (χ0v) is 11.6. The van der Waals surface area contributed by atoms with E-state index in [0.29, 0.717) is 6.61 Å². The Morgan fingerprint density at radius 1 is 1.20 bits per heavy atom. The SMILES string of the molecule is C[Si](C)(Cc1ccccc1)OCC(Cl)Cl. The molecule has 0 aromatic heterocycles. The van der Waals surface area contributed by atoms with Crippen LogP contribution in [-0.4, -0.2) is 19.8 Å². The molecule has 0 bridgehead atoms. The standard InChI is InChI=1S/C11H16Cl2OSi/c1-15(2,14-8-11(12)13)9-10-6-4-3-5-7-10/h3-7,11H,8-9H2,1-2H3. The second kappa shape index (κ2) is 5.90. The van der Waals surface area contributed by atoms with Crippen LogP contribution in [0.15, 0.2) is 30.3 Å². The lowest BCUT2D eigenvalue weighted by Gasteiger charge is -2.23. The highest BCUT2D eigenvalue weighted by Crippen LogP contribution is 2.15. The van der Waals surface area contributed by atoms with Gasteiger partial charge in [-0.3, -0.25) is 0 Å². The largest absolute Gasteiger partial charge is 0.414 e. The highest BCUT2D eigenvalue weighted by Gasteiger charge is 2.23. The first-order chi connectivity index (χ1) is 6.99. The third kappa shape index (κ3) is 5.57. The number of hydrogen-bond acceptors (Lipinski definition) is 1. The average Bonchev–Trinajstić information content (AvgIpc) is 2.16. The van der Waals surface area contributed by atoms with Crippen LogP contribution in [0.3, 0.4) is 0 Å². The summed E-state index contributed by atoms with van der Waals surface area (Å²) in [5.41, 5.74) is 1.31. The van der Waals surface area contributed by atoms with E-state index in [9.17, 15) is 0 Å². The van der Waals surface area contributed by atoms with Gasteiger partial charge >= 0.3 is 0 Å². The minimum Gasteiger partial charge on any atom is -0.414 e. The third-order valence-corrected chi connectivity index (χ3v) is 4.53. The van der Waals surface area contributed by atoms with E-state index in [0.717, 1.165) is 6.04 Å². The summed E-state index contributed by atoms with van der Waals surface area (Å²) in [5, 5.41) is 0. The zero-order valence-electron chi connectivity index (χ0n) is 9.04. The quantitative estimate of drug-likeness (QED) is 0.580.